The van der Waals surface area contributed by atoms with E-state index in [-0.39, 0.29) is 17.9 Å². The maximum atomic E-state index is 12.3. The molecule has 128 valence electrons. The first-order valence-electron chi connectivity index (χ1n) is 7.93. The molecule has 0 unspecified atom stereocenters. The van der Waals surface area contributed by atoms with Crippen molar-refractivity contribution >= 4 is 5.91 Å². The molecule has 0 saturated heterocycles. The minimum atomic E-state index is -0.312. The molecule has 3 aromatic heterocycles. The van der Waals surface area contributed by atoms with Gasteiger partial charge in [-0.15, -0.1) is 0 Å². The quantitative estimate of drug-likeness (QED) is 0.711. The van der Waals surface area contributed by atoms with Crippen LogP contribution in [0.25, 0.3) is 11.4 Å². The number of furan rings is 1. The molecule has 0 fully saturated rings. The zero-order valence-electron chi connectivity index (χ0n) is 13.8. The fourth-order valence-corrected chi connectivity index (χ4v) is 2.46. The summed E-state index contributed by atoms with van der Waals surface area (Å²) in [5.74, 6) is 1.02. The number of carbonyl (C=O) groups is 1. The highest BCUT2D eigenvalue weighted by Gasteiger charge is 2.13. The van der Waals surface area contributed by atoms with Gasteiger partial charge in [-0.25, -0.2) is 4.98 Å². The van der Waals surface area contributed by atoms with Crippen LogP contribution in [0.3, 0.4) is 0 Å². The van der Waals surface area contributed by atoms with Crippen LogP contribution in [0.1, 0.15) is 17.0 Å². The van der Waals surface area contributed by atoms with Gasteiger partial charge in [-0.3, -0.25) is 14.6 Å². The summed E-state index contributed by atoms with van der Waals surface area (Å²) in [4.78, 5) is 35.5. The SMILES string of the molecule is Cc1nc(-c2cccnc2)[nH]c(=O)c1CC(=O)NCCc1ccco1. The number of H-pyrrole nitrogens is 1. The number of aromatic amines is 1. The number of hydrogen-bond donors (Lipinski definition) is 2. The standard InChI is InChI=1S/C18H18N4O3/c1-12-15(10-16(23)20-8-6-14-5-3-9-25-14)18(24)22-17(21-12)13-4-2-7-19-11-13/h2-5,7,9,11H,6,8,10H2,1H3,(H,20,23)(H,21,22,24). The Morgan fingerprint density at radius 3 is 2.88 bits per heavy atom. The van der Waals surface area contributed by atoms with Crippen LogP contribution in [0.2, 0.25) is 0 Å². The lowest BCUT2D eigenvalue weighted by atomic mass is 10.1. The summed E-state index contributed by atoms with van der Waals surface area (Å²) < 4.78 is 5.21. The number of amides is 1. The molecule has 0 aliphatic rings. The predicted molar refractivity (Wildman–Crippen MR) is 92.0 cm³/mol. The van der Waals surface area contributed by atoms with Crippen LogP contribution >= 0.6 is 0 Å². The number of aryl methyl sites for hydroxylation is 1. The van der Waals surface area contributed by atoms with Gasteiger partial charge in [0, 0.05) is 42.2 Å². The van der Waals surface area contributed by atoms with Crippen molar-refractivity contribution in [2.45, 2.75) is 19.8 Å². The van der Waals surface area contributed by atoms with E-state index in [4.69, 9.17) is 4.42 Å². The summed E-state index contributed by atoms with van der Waals surface area (Å²) in [5, 5.41) is 2.78. The summed E-state index contributed by atoms with van der Waals surface area (Å²) in [5.41, 5.74) is 1.30. The minimum absolute atomic E-state index is 0.0142. The molecule has 0 saturated carbocycles. The molecule has 7 nitrogen and oxygen atoms in total. The average Bonchev–Trinajstić information content (AvgIpc) is 3.12. The average molecular weight is 338 g/mol. The first-order chi connectivity index (χ1) is 12.1. The molecular weight excluding hydrogens is 320 g/mol. The molecular formula is C18H18N4O3. The van der Waals surface area contributed by atoms with E-state index in [0.717, 1.165) is 11.3 Å². The molecule has 0 bridgehead atoms. The Hall–Kier alpha value is -3.22. The van der Waals surface area contributed by atoms with Crippen LogP contribution in [-0.2, 0) is 17.6 Å². The van der Waals surface area contributed by atoms with E-state index in [1.807, 2.05) is 12.1 Å². The zero-order valence-corrected chi connectivity index (χ0v) is 13.8. The molecule has 0 aliphatic heterocycles. The number of carbonyl (C=O) groups excluding carboxylic acids is 1. The van der Waals surface area contributed by atoms with Crippen LogP contribution in [0.5, 0.6) is 0 Å². The van der Waals surface area contributed by atoms with Gasteiger partial charge in [0.25, 0.3) is 5.56 Å². The second-order valence-electron chi connectivity index (χ2n) is 5.58. The van der Waals surface area contributed by atoms with Gasteiger partial charge < -0.3 is 14.7 Å². The lowest BCUT2D eigenvalue weighted by Gasteiger charge is -2.08. The fourth-order valence-electron chi connectivity index (χ4n) is 2.46. The van der Waals surface area contributed by atoms with Gasteiger partial charge in [0.15, 0.2) is 0 Å². The fraction of sp³-hybridized carbons (Fsp3) is 0.222. The molecule has 1 amide bonds. The molecule has 2 N–H and O–H groups in total. The number of hydrogen-bond acceptors (Lipinski definition) is 5. The van der Waals surface area contributed by atoms with Crippen molar-refractivity contribution in [2.24, 2.45) is 0 Å². The van der Waals surface area contributed by atoms with Crippen molar-refractivity contribution in [3.63, 3.8) is 0 Å². The van der Waals surface area contributed by atoms with Crippen molar-refractivity contribution in [1.82, 2.24) is 20.3 Å². The minimum Gasteiger partial charge on any atom is -0.469 e. The lowest BCUT2D eigenvalue weighted by molar-refractivity contribution is -0.120. The van der Waals surface area contributed by atoms with Crippen LogP contribution in [-0.4, -0.2) is 27.4 Å². The van der Waals surface area contributed by atoms with Crippen molar-refractivity contribution < 1.29 is 9.21 Å². The number of nitrogens with zero attached hydrogens (tertiary/aromatic N) is 2. The normalized spacial score (nSPS) is 10.6. The van der Waals surface area contributed by atoms with Crippen molar-refractivity contribution in [3.8, 4) is 11.4 Å². The highest BCUT2D eigenvalue weighted by Crippen LogP contribution is 2.12. The number of rotatable bonds is 6. The number of nitrogens with one attached hydrogen (secondary N) is 2. The highest BCUT2D eigenvalue weighted by atomic mass is 16.3. The maximum Gasteiger partial charge on any atom is 0.255 e. The zero-order chi connectivity index (χ0) is 17.6. The second kappa shape index (κ2) is 7.57. The smallest absolute Gasteiger partial charge is 0.255 e. The van der Waals surface area contributed by atoms with Crippen LogP contribution < -0.4 is 10.9 Å². The van der Waals surface area contributed by atoms with Crippen molar-refractivity contribution in [1.29, 1.82) is 0 Å². The number of pyridine rings is 1. The summed E-state index contributed by atoms with van der Waals surface area (Å²) in [6.45, 7) is 2.17. The predicted octanol–water partition coefficient (Wildman–Crippen LogP) is 1.63. The summed E-state index contributed by atoms with van der Waals surface area (Å²) in [7, 11) is 0. The molecule has 0 spiro atoms. The maximum absolute atomic E-state index is 12.3. The third kappa shape index (κ3) is 4.20. The third-order valence-electron chi connectivity index (χ3n) is 3.77. The third-order valence-corrected chi connectivity index (χ3v) is 3.77. The molecule has 0 atom stereocenters. The second-order valence-corrected chi connectivity index (χ2v) is 5.58. The molecule has 7 heteroatoms. The van der Waals surface area contributed by atoms with Gasteiger partial charge in [0.2, 0.25) is 5.91 Å². The Labute approximate surface area is 144 Å². The summed E-state index contributed by atoms with van der Waals surface area (Å²) in [6, 6.07) is 7.23. The topological polar surface area (TPSA) is 101 Å². The van der Waals surface area contributed by atoms with Crippen LogP contribution in [0, 0.1) is 6.92 Å². The van der Waals surface area contributed by atoms with E-state index >= 15 is 0 Å². The Morgan fingerprint density at radius 1 is 1.32 bits per heavy atom. The van der Waals surface area contributed by atoms with Crippen LogP contribution in [0.15, 0.2) is 52.1 Å². The van der Waals surface area contributed by atoms with Crippen LogP contribution in [0.4, 0.5) is 0 Å². The molecule has 25 heavy (non-hydrogen) atoms. The van der Waals surface area contributed by atoms with Crippen molar-refractivity contribution in [2.75, 3.05) is 6.54 Å². The molecule has 3 heterocycles. The lowest BCUT2D eigenvalue weighted by Crippen LogP contribution is -2.30. The van der Waals surface area contributed by atoms with E-state index in [0.29, 0.717) is 30.0 Å². The monoisotopic (exact) mass is 338 g/mol. The Bertz CT molecular complexity index is 902. The van der Waals surface area contributed by atoms with E-state index in [2.05, 4.69) is 20.3 Å². The molecule has 0 aromatic carbocycles. The van der Waals surface area contributed by atoms with E-state index in [9.17, 15) is 9.59 Å². The number of aromatic nitrogens is 3. The van der Waals surface area contributed by atoms with Gasteiger partial charge in [-0.05, 0) is 31.2 Å². The Morgan fingerprint density at radius 2 is 2.20 bits per heavy atom. The summed E-state index contributed by atoms with van der Waals surface area (Å²) >= 11 is 0. The van der Waals surface area contributed by atoms with Gasteiger partial charge in [0.05, 0.1) is 12.7 Å². The molecule has 3 aromatic rings. The van der Waals surface area contributed by atoms with Gasteiger partial charge in [0.1, 0.15) is 11.6 Å². The molecule has 0 aliphatic carbocycles. The van der Waals surface area contributed by atoms with E-state index in [1.54, 1.807) is 37.7 Å². The van der Waals surface area contributed by atoms with Gasteiger partial charge >= 0.3 is 0 Å². The summed E-state index contributed by atoms with van der Waals surface area (Å²) in [6.07, 6.45) is 5.45. The Balaban J connectivity index is 1.66. The Kier molecular flexibility index (Phi) is 5.03. The first kappa shape index (κ1) is 16.6. The van der Waals surface area contributed by atoms with Gasteiger partial charge in [-0.1, -0.05) is 0 Å². The molecule has 3 rings (SSSR count). The van der Waals surface area contributed by atoms with E-state index in [1.165, 1.54) is 0 Å². The first-order valence-corrected chi connectivity index (χ1v) is 7.93. The van der Waals surface area contributed by atoms with E-state index < -0.39 is 0 Å². The largest absolute Gasteiger partial charge is 0.469 e. The highest BCUT2D eigenvalue weighted by molar-refractivity contribution is 5.78. The van der Waals surface area contributed by atoms with Gasteiger partial charge in [-0.2, -0.15) is 0 Å². The van der Waals surface area contributed by atoms with Crippen molar-refractivity contribution in [3.05, 3.63) is 70.3 Å². The molecule has 0 radical (unpaired) electrons.